The minimum absolute atomic E-state index is 0.363. The van der Waals surface area contributed by atoms with Gasteiger partial charge < -0.3 is 5.32 Å². The minimum atomic E-state index is -4.26. The van der Waals surface area contributed by atoms with E-state index in [1.165, 1.54) is 6.07 Å². The van der Waals surface area contributed by atoms with Gasteiger partial charge in [-0.3, -0.25) is 4.90 Å². The van der Waals surface area contributed by atoms with E-state index in [0.29, 0.717) is 12.1 Å². The molecule has 0 atom stereocenters. The predicted molar refractivity (Wildman–Crippen MR) is 70.9 cm³/mol. The maximum atomic E-state index is 12.8. The molecule has 1 aliphatic rings. The molecule has 1 aromatic carbocycles. The molecule has 0 radical (unpaired) electrons. The van der Waals surface area contributed by atoms with Crippen molar-refractivity contribution in [2.75, 3.05) is 26.2 Å². The predicted octanol–water partition coefficient (Wildman–Crippen LogP) is 3.14. The first-order chi connectivity index (χ1) is 9.07. The second-order valence-corrected chi connectivity index (χ2v) is 4.18. The van der Waals surface area contributed by atoms with Crippen LogP contribution in [0.5, 0.6) is 0 Å². The smallest absolute Gasteiger partial charge is 0.314 e. The average molecular weight is 274 g/mol. The van der Waals surface area contributed by atoms with Crippen molar-refractivity contribution in [2.24, 2.45) is 0 Å². The van der Waals surface area contributed by atoms with Crippen molar-refractivity contribution in [3.05, 3.63) is 35.4 Å². The molecule has 1 aliphatic heterocycles. The fourth-order valence-corrected chi connectivity index (χ4v) is 2.04. The van der Waals surface area contributed by atoms with Gasteiger partial charge in [0.05, 0.1) is 5.56 Å². The molecule has 0 bridgehead atoms. The molecule has 0 spiro atoms. The lowest BCUT2D eigenvalue weighted by molar-refractivity contribution is -0.138. The molecule has 108 valence electrons. The topological polar surface area (TPSA) is 15.3 Å². The van der Waals surface area contributed by atoms with Gasteiger partial charge in [0.15, 0.2) is 0 Å². The zero-order valence-corrected chi connectivity index (χ0v) is 11.4. The lowest BCUT2D eigenvalue weighted by Crippen LogP contribution is -2.43. The van der Waals surface area contributed by atoms with Crippen molar-refractivity contribution >= 4 is 0 Å². The maximum absolute atomic E-state index is 12.8. The van der Waals surface area contributed by atoms with Crippen molar-refractivity contribution in [2.45, 2.75) is 26.6 Å². The van der Waals surface area contributed by atoms with E-state index in [2.05, 4.69) is 5.32 Å². The molecule has 0 amide bonds. The van der Waals surface area contributed by atoms with Gasteiger partial charge in [0, 0.05) is 32.7 Å². The molecule has 0 unspecified atom stereocenters. The summed E-state index contributed by atoms with van der Waals surface area (Å²) in [4.78, 5) is 2.04. The molecular weight excluding hydrogens is 253 g/mol. The van der Waals surface area contributed by atoms with E-state index in [1.54, 1.807) is 12.1 Å². The van der Waals surface area contributed by atoms with Crippen LogP contribution in [0.15, 0.2) is 24.3 Å². The number of halogens is 3. The molecular formula is C14H21F3N2. The molecule has 19 heavy (non-hydrogen) atoms. The summed E-state index contributed by atoms with van der Waals surface area (Å²) in [7, 11) is 0. The van der Waals surface area contributed by atoms with Crippen LogP contribution in [0.2, 0.25) is 0 Å². The second-order valence-electron chi connectivity index (χ2n) is 4.18. The van der Waals surface area contributed by atoms with E-state index in [-0.39, 0.29) is 0 Å². The highest BCUT2D eigenvalue weighted by Crippen LogP contribution is 2.32. The van der Waals surface area contributed by atoms with Crippen LogP contribution in [0, 0.1) is 0 Å². The fourth-order valence-electron chi connectivity index (χ4n) is 2.04. The molecule has 1 N–H and O–H groups in total. The van der Waals surface area contributed by atoms with Crippen LogP contribution in [0.3, 0.4) is 0 Å². The van der Waals surface area contributed by atoms with Gasteiger partial charge in [0.2, 0.25) is 0 Å². The van der Waals surface area contributed by atoms with Crippen LogP contribution < -0.4 is 5.32 Å². The van der Waals surface area contributed by atoms with Gasteiger partial charge in [-0.15, -0.1) is 0 Å². The van der Waals surface area contributed by atoms with E-state index in [4.69, 9.17) is 0 Å². The molecule has 0 aromatic heterocycles. The van der Waals surface area contributed by atoms with Gasteiger partial charge in [-0.1, -0.05) is 32.0 Å². The van der Waals surface area contributed by atoms with Gasteiger partial charge in [-0.2, -0.15) is 13.2 Å². The minimum Gasteiger partial charge on any atom is -0.314 e. The van der Waals surface area contributed by atoms with Crippen molar-refractivity contribution in [3.8, 4) is 0 Å². The average Bonchev–Trinajstić information content (AvgIpc) is 2.42. The fraction of sp³-hybridized carbons (Fsp3) is 0.571. The Morgan fingerprint density at radius 1 is 1.11 bits per heavy atom. The molecule has 5 heteroatoms. The number of piperazine rings is 1. The summed E-state index contributed by atoms with van der Waals surface area (Å²) in [5, 5.41) is 3.18. The summed E-state index contributed by atoms with van der Waals surface area (Å²) in [5.41, 5.74) is -0.152. The molecule has 0 saturated carbocycles. The van der Waals surface area contributed by atoms with E-state index >= 15 is 0 Å². The third-order valence-electron chi connectivity index (χ3n) is 2.93. The standard InChI is InChI=1S/C12H15F3N2.C2H6/c13-12(14,15)11-4-2-1-3-10(11)9-17-7-5-16-6-8-17;1-2/h1-4,16H,5-9H2;1-2H3. The number of hydrogen-bond donors (Lipinski definition) is 1. The van der Waals surface area contributed by atoms with Gasteiger partial charge in [-0.05, 0) is 11.6 Å². The summed E-state index contributed by atoms with van der Waals surface area (Å²) in [6, 6.07) is 5.80. The van der Waals surface area contributed by atoms with Gasteiger partial charge in [-0.25, -0.2) is 0 Å². The monoisotopic (exact) mass is 274 g/mol. The number of rotatable bonds is 2. The normalized spacial score (nSPS) is 16.7. The van der Waals surface area contributed by atoms with Crippen LogP contribution >= 0.6 is 0 Å². The van der Waals surface area contributed by atoms with Crippen molar-refractivity contribution in [1.29, 1.82) is 0 Å². The SMILES string of the molecule is CC.FC(F)(F)c1ccccc1CN1CCNCC1. The first kappa shape index (κ1) is 16.0. The van der Waals surface area contributed by atoms with Crippen molar-refractivity contribution in [1.82, 2.24) is 10.2 Å². The van der Waals surface area contributed by atoms with E-state index < -0.39 is 11.7 Å². The van der Waals surface area contributed by atoms with Crippen LogP contribution in [-0.4, -0.2) is 31.1 Å². The Kier molecular flexibility index (Phi) is 6.31. The lowest BCUT2D eigenvalue weighted by Gasteiger charge is -2.28. The Labute approximate surface area is 112 Å². The molecule has 1 saturated heterocycles. The Balaban J connectivity index is 0.000000861. The zero-order chi connectivity index (χ0) is 14.3. The maximum Gasteiger partial charge on any atom is 0.416 e. The van der Waals surface area contributed by atoms with Gasteiger partial charge in [0.1, 0.15) is 0 Å². The number of nitrogens with one attached hydrogen (secondary N) is 1. The molecule has 0 aliphatic carbocycles. The largest absolute Gasteiger partial charge is 0.416 e. The van der Waals surface area contributed by atoms with Crippen LogP contribution in [-0.2, 0) is 12.7 Å². The second kappa shape index (κ2) is 7.50. The van der Waals surface area contributed by atoms with E-state index in [0.717, 1.165) is 32.2 Å². The molecule has 1 aromatic rings. The molecule has 1 heterocycles. The summed E-state index contributed by atoms with van der Waals surface area (Å²) in [6.45, 7) is 7.65. The molecule has 1 fully saturated rings. The number of alkyl halides is 3. The van der Waals surface area contributed by atoms with E-state index in [9.17, 15) is 13.2 Å². The first-order valence-electron chi connectivity index (χ1n) is 6.65. The van der Waals surface area contributed by atoms with Gasteiger partial charge in [0.25, 0.3) is 0 Å². The number of nitrogens with zero attached hydrogens (tertiary/aromatic N) is 1. The number of benzene rings is 1. The third kappa shape index (κ3) is 4.84. The van der Waals surface area contributed by atoms with Crippen molar-refractivity contribution < 1.29 is 13.2 Å². The molecule has 2 rings (SSSR count). The highest BCUT2D eigenvalue weighted by molar-refractivity contribution is 5.29. The lowest BCUT2D eigenvalue weighted by atomic mass is 10.1. The highest BCUT2D eigenvalue weighted by atomic mass is 19.4. The molecule has 2 nitrogen and oxygen atoms in total. The Bertz CT molecular complexity index is 371. The summed E-state index contributed by atoms with van der Waals surface area (Å²) < 4.78 is 38.3. The van der Waals surface area contributed by atoms with E-state index in [1.807, 2.05) is 18.7 Å². The number of hydrogen-bond acceptors (Lipinski definition) is 2. The Morgan fingerprint density at radius 3 is 2.26 bits per heavy atom. The first-order valence-corrected chi connectivity index (χ1v) is 6.65. The third-order valence-corrected chi connectivity index (χ3v) is 2.93. The Morgan fingerprint density at radius 2 is 1.68 bits per heavy atom. The quantitative estimate of drug-likeness (QED) is 0.891. The summed E-state index contributed by atoms with van der Waals surface area (Å²) in [6.07, 6.45) is -4.26. The zero-order valence-electron chi connectivity index (χ0n) is 11.4. The Hall–Kier alpha value is -1.07. The summed E-state index contributed by atoms with van der Waals surface area (Å²) in [5.74, 6) is 0. The van der Waals surface area contributed by atoms with Gasteiger partial charge >= 0.3 is 6.18 Å². The van der Waals surface area contributed by atoms with Crippen LogP contribution in [0.1, 0.15) is 25.0 Å². The van der Waals surface area contributed by atoms with Crippen LogP contribution in [0.4, 0.5) is 13.2 Å². The highest BCUT2D eigenvalue weighted by Gasteiger charge is 2.33. The summed E-state index contributed by atoms with van der Waals surface area (Å²) >= 11 is 0. The van der Waals surface area contributed by atoms with Crippen LogP contribution in [0.25, 0.3) is 0 Å². The van der Waals surface area contributed by atoms with Crippen molar-refractivity contribution in [3.63, 3.8) is 0 Å².